The smallest absolute Gasteiger partial charge is 0.0406 e. The minimum atomic E-state index is 0.519. The molecular weight excluding hydrogens is 230 g/mol. The molecule has 0 spiro atoms. The zero-order valence-corrected chi connectivity index (χ0v) is 11.4. The Balaban J connectivity index is 1.77. The molecule has 1 nitrogen and oxygen atoms in total. The number of hydrogen-bond acceptors (Lipinski definition) is 1. The van der Waals surface area contributed by atoms with Gasteiger partial charge in [0.1, 0.15) is 0 Å². The fourth-order valence-corrected chi connectivity index (χ4v) is 2.82. The first kappa shape index (κ1) is 12.9. The van der Waals surface area contributed by atoms with Crippen molar-refractivity contribution in [2.24, 2.45) is 5.41 Å². The maximum atomic E-state index is 5.87. The van der Waals surface area contributed by atoms with E-state index in [-0.39, 0.29) is 0 Å². The molecule has 2 heteroatoms. The molecular formula is C15H22ClN. The van der Waals surface area contributed by atoms with Crippen LogP contribution in [0.2, 0.25) is 5.02 Å². The lowest BCUT2D eigenvalue weighted by molar-refractivity contribution is 0.207. The molecule has 1 saturated carbocycles. The molecule has 1 N–H and O–H groups in total. The molecule has 0 atom stereocenters. The molecule has 0 bridgehead atoms. The molecule has 0 amide bonds. The number of halogens is 1. The zero-order chi connectivity index (χ0) is 12.1. The summed E-state index contributed by atoms with van der Waals surface area (Å²) in [5.41, 5.74) is 1.83. The number of benzene rings is 1. The fourth-order valence-electron chi connectivity index (χ4n) is 2.69. The topological polar surface area (TPSA) is 12.0 Å². The highest BCUT2D eigenvalue weighted by Gasteiger charge is 2.25. The normalized spacial score (nSPS) is 19.2. The second-order valence-electron chi connectivity index (χ2n) is 5.60. The van der Waals surface area contributed by atoms with Crippen LogP contribution in [0.3, 0.4) is 0 Å². The van der Waals surface area contributed by atoms with Crippen molar-refractivity contribution in [2.75, 3.05) is 6.54 Å². The van der Waals surface area contributed by atoms with Crippen LogP contribution in [-0.4, -0.2) is 6.54 Å². The number of hydrogen-bond donors (Lipinski definition) is 1. The second-order valence-corrected chi connectivity index (χ2v) is 6.04. The van der Waals surface area contributed by atoms with Crippen LogP contribution in [0.15, 0.2) is 24.3 Å². The van der Waals surface area contributed by atoms with Crippen molar-refractivity contribution in [1.82, 2.24) is 5.32 Å². The van der Waals surface area contributed by atoms with E-state index >= 15 is 0 Å². The van der Waals surface area contributed by atoms with Gasteiger partial charge in [0.25, 0.3) is 0 Å². The van der Waals surface area contributed by atoms with E-state index in [0.29, 0.717) is 5.41 Å². The Morgan fingerprint density at radius 1 is 1.12 bits per heavy atom. The molecule has 17 heavy (non-hydrogen) atoms. The summed E-state index contributed by atoms with van der Waals surface area (Å²) in [5, 5.41) is 4.40. The molecule has 0 aromatic heterocycles. The van der Waals surface area contributed by atoms with Gasteiger partial charge in [0, 0.05) is 18.1 Å². The Kier molecular flexibility index (Phi) is 4.47. The van der Waals surface area contributed by atoms with Crippen molar-refractivity contribution in [1.29, 1.82) is 0 Å². The van der Waals surface area contributed by atoms with Crippen molar-refractivity contribution in [3.8, 4) is 0 Å². The van der Waals surface area contributed by atoms with E-state index in [1.54, 1.807) is 0 Å². The third kappa shape index (κ3) is 4.01. The third-order valence-corrected chi connectivity index (χ3v) is 4.11. The summed E-state index contributed by atoms with van der Waals surface area (Å²) in [7, 11) is 0. The Morgan fingerprint density at radius 3 is 2.41 bits per heavy atom. The van der Waals surface area contributed by atoms with E-state index in [0.717, 1.165) is 18.1 Å². The van der Waals surface area contributed by atoms with Gasteiger partial charge < -0.3 is 5.32 Å². The van der Waals surface area contributed by atoms with E-state index in [9.17, 15) is 0 Å². The quantitative estimate of drug-likeness (QED) is 0.836. The number of rotatable bonds is 4. The molecule has 0 saturated heterocycles. The van der Waals surface area contributed by atoms with Gasteiger partial charge in [0.05, 0.1) is 0 Å². The highest BCUT2D eigenvalue weighted by molar-refractivity contribution is 6.30. The third-order valence-electron chi connectivity index (χ3n) is 3.85. The van der Waals surface area contributed by atoms with Gasteiger partial charge in [-0.2, -0.15) is 0 Å². The van der Waals surface area contributed by atoms with E-state index in [2.05, 4.69) is 24.4 Å². The van der Waals surface area contributed by atoms with Gasteiger partial charge in [-0.3, -0.25) is 0 Å². The molecule has 1 fully saturated rings. The average Bonchev–Trinajstić information content (AvgIpc) is 2.32. The van der Waals surface area contributed by atoms with Gasteiger partial charge in [0.2, 0.25) is 0 Å². The van der Waals surface area contributed by atoms with Crippen LogP contribution < -0.4 is 5.32 Å². The molecule has 2 rings (SSSR count). The molecule has 0 radical (unpaired) electrons. The summed E-state index contributed by atoms with van der Waals surface area (Å²) in [6.07, 6.45) is 6.98. The van der Waals surface area contributed by atoms with Crippen LogP contribution in [0.1, 0.15) is 44.6 Å². The SMILES string of the molecule is CC1(CNCc2ccc(Cl)cc2)CCCCC1. The standard InChI is InChI=1S/C15H22ClN/c1-15(9-3-2-4-10-15)12-17-11-13-5-7-14(16)8-6-13/h5-8,17H,2-4,9-12H2,1H3. The van der Waals surface area contributed by atoms with Crippen molar-refractivity contribution in [3.63, 3.8) is 0 Å². The summed E-state index contributed by atoms with van der Waals surface area (Å²) in [4.78, 5) is 0. The summed E-state index contributed by atoms with van der Waals surface area (Å²) in [6, 6.07) is 8.11. The Morgan fingerprint density at radius 2 is 1.76 bits per heavy atom. The van der Waals surface area contributed by atoms with E-state index in [4.69, 9.17) is 11.6 Å². The van der Waals surface area contributed by atoms with Crippen LogP contribution in [0, 0.1) is 5.41 Å². The molecule has 0 heterocycles. The maximum absolute atomic E-state index is 5.87. The lowest BCUT2D eigenvalue weighted by atomic mass is 9.76. The lowest BCUT2D eigenvalue weighted by Crippen LogP contribution is -2.33. The van der Waals surface area contributed by atoms with Gasteiger partial charge in [-0.25, -0.2) is 0 Å². The van der Waals surface area contributed by atoms with E-state index < -0.39 is 0 Å². The van der Waals surface area contributed by atoms with Crippen molar-refractivity contribution in [2.45, 2.75) is 45.6 Å². The Labute approximate surface area is 110 Å². The van der Waals surface area contributed by atoms with Crippen molar-refractivity contribution in [3.05, 3.63) is 34.9 Å². The molecule has 94 valence electrons. The summed E-state index contributed by atoms with van der Waals surface area (Å²) in [5.74, 6) is 0. The lowest BCUT2D eigenvalue weighted by Gasteiger charge is -2.33. The molecule has 1 aromatic carbocycles. The minimum absolute atomic E-state index is 0.519. The molecule has 1 aliphatic rings. The average molecular weight is 252 g/mol. The van der Waals surface area contributed by atoms with Crippen LogP contribution >= 0.6 is 11.6 Å². The van der Waals surface area contributed by atoms with Crippen LogP contribution in [0.5, 0.6) is 0 Å². The molecule has 1 aliphatic carbocycles. The second kappa shape index (κ2) is 5.88. The van der Waals surface area contributed by atoms with Crippen molar-refractivity contribution >= 4 is 11.6 Å². The van der Waals surface area contributed by atoms with Crippen molar-refractivity contribution < 1.29 is 0 Å². The van der Waals surface area contributed by atoms with Gasteiger partial charge in [-0.15, -0.1) is 0 Å². The first-order chi connectivity index (χ1) is 8.18. The molecule has 1 aromatic rings. The summed E-state index contributed by atoms with van der Waals surface area (Å²) < 4.78 is 0. The monoisotopic (exact) mass is 251 g/mol. The largest absolute Gasteiger partial charge is 0.312 e. The van der Waals surface area contributed by atoms with Crippen LogP contribution in [0.4, 0.5) is 0 Å². The van der Waals surface area contributed by atoms with Gasteiger partial charge >= 0.3 is 0 Å². The van der Waals surface area contributed by atoms with Gasteiger partial charge in [-0.05, 0) is 36.0 Å². The highest BCUT2D eigenvalue weighted by atomic mass is 35.5. The zero-order valence-electron chi connectivity index (χ0n) is 10.6. The maximum Gasteiger partial charge on any atom is 0.0406 e. The van der Waals surface area contributed by atoms with Gasteiger partial charge in [0.15, 0.2) is 0 Å². The molecule has 0 unspecified atom stereocenters. The highest BCUT2D eigenvalue weighted by Crippen LogP contribution is 2.34. The first-order valence-electron chi connectivity index (χ1n) is 6.63. The summed E-state index contributed by atoms with van der Waals surface area (Å²) in [6.45, 7) is 4.50. The first-order valence-corrected chi connectivity index (χ1v) is 7.01. The predicted octanol–water partition coefficient (Wildman–Crippen LogP) is 4.40. The predicted molar refractivity (Wildman–Crippen MR) is 74.4 cm³/mol. The van der Waals surface area contributed by atoms with Crippen LogP contribution in [-0.2, 0) is 6.54 Å². The Hall–Kier alpha value is -0.530. The summed E-state index contributed by atoms with van der Waals surface area (Å²) >= 11 is 5.87. The van der Waals surface area contributed by atoms with E-state index in [1.165, 1.54) is 37.7 Å². The fraction of sp³-hybridized carbons (Fsp3) is 0.600. The molecule has 0 aliphatic heterocycles. The van der Waals surface area contributed by atoms with Crippen LogP contribution in [0.25, 0.3) is 0 Å². The minimum Gasteiger partial charge on any atom is -0.312 e. The van der Waals surface area contributed by atoms with Gasteiger partial charge in [-0.1, -0.05) is 49.9 Å². The number of nitrogens with one attached hydrogen (secondary N) is 1. The Bertz CT molecular complexity index is 338. The van der Waals surface area contributed by atoms with E-state index in [1.807, 2.05) is 12.1 Å².